The predicted octanol–water partition coefficient (Wildman–Crippen LogP) is 7.06. The van der Waals surface area contributed by atoms with Crippen LogP contribution in [0.1, 0.15) is 77.6 Å². The quantitative estimate of drug-likeness (QED) is 0.199. The third-order valence-corrected chi connectivity index (χ3v) is 9.49. The molecule has 0 aliphatic heterocycles. The van der Waals surface area contributed by atoms with Crippen molar-refractivity contribution in [3.63, 3.8) is 0 Å². The minimum Gasteiger partial charge on any atom is -0.508 e. The number of aromatic hydroxyl groups is 3. The summed E-state index contributed by atoms with van der Waals surface area (Å²) in [6.07, 6.45) is 9.98. The third kappa shape index (κ3) is 4.34. The van der Waals surface area contributed by atoms with E-state index in [-0.39, 0.29) is 29.0 Å². The van der Waals surface area contributed by atoms with E-state index in [2.05, 4.69) is 13.0 Å². The number of ether oxygens (including phenoxy) is 1. The molecule has 5 nitrogen and oxygen atoms in total. The zero-order valence-corrected chi connectivity index (χ0v) is 21.6. The van der Waals surface area contributed by atoms with Crippen molar-refractivity contribution in [1.82, 2.24) is 0 Å². The van der Waals surface area contributed by atoms with Crippen LogP contribution in [0.4, 0.5) is 0 Å². The van der Waals surface area contributed by atoms with Crippen molar-refractivity contribution in [1.29, 1.82) is 0 Å². The van der Waals surface area contributed by atoms with Gasteiger partial charge in [-0.15, -0.1) is 0 Å². The van der Waals surface area contributed by atoms with Gasteiger partial charge in [0.1, 0.15) is 11.9 Å². The van der Waals surface area contributed by atoms with Crippen molar-refractivity contribution in [2.24, 2.45) is 17.3 Å². The van der Waals surface area contributed by atoms with Crippen molar-refractivity contribution in [2.45, 2.75) is 57.5 Å². The molecule has 0 aromatic heterocycles. The summed E-state index contributed by atoms with van der Waals surface area (Å²) in [5, 5.41) is 29.1. The summed E-state index contributed by atoms with van der Waals surface area (Å²) in [6, 6.07) is 17.9. The average Bonchev–Trinajstić information content (AvgIpc) is 3.25. The Hall–Kier alpha value is -3.73. The van der Waals surface area contributed by atoms with Crippen LogP contribution < -0.4 is 0 Å². The lowest BCUT2D eigenvalue weighted by Crippen LogP contribution is -2.45. The molecule has 0 amide bonds. The highest BCUT2D eigenvalue weighted by molar-refractivity contribution is 5.90. The molecule has 5 heteroatoms. The van der Waals surface area contributed by atoms with E-state index in [0.29, 0.717) is 29.1 Å². The first kappa shape index (κ1) is 24.6. The molecule has 0 bridgehead atoms. The molecule has 3 N–H and O–H groups in total. The zero-order chi connectivity index (χ0) is 26.4. The number of phenols is 3. The smallest absolute Gasteiger partial charge is 0.338 e. The Balaban J connectivity index is 1.12. The molecular weight excluding hydrogens is 476 g/mol. The van der Waals surface area contributed by atoms with Gasteiger partial charge in [-0.05, 0) is 115 Å². The maximum absolute atomic E-state index is 13.1. The summed E-state index contributed by atoms with van der Waals surface area (Å²) in [6.45, 7) is 2.33. The number of aryl methyl sites for hydroxylation is 1. The van der Waals surface area contributed by atoms with Crippen LogP contribution >= 0.6 is 0 Å². The fourth-order valence-electron chi connectivity index (χ4n) is 7.48. The zero-order valence-electron chi connectivity index (χ0n) is 21.6. The second-order valence-corrected chi connectivity index (χ2v) is 11.5. The van der Waals surface area contributed by atoms with Crippen LogP contribution in [0, 0.1) is 17.3 Å². The molecule has 0 spiro atoms. The molecule has 0 saturated heterocycles. The summed E-state index contributed by atoms with van der Waals surface area (Å²) in [7, 11) is 0. The van der Waals surface area contributed by atoms with Crippen molar-refractivity contribution in [2.75, 3.05) is 0 Å². The van der Waals surface area contributed by atoms with E-state index in [1.165, 1.54) is 23.3 Å². The van der Waals surface area contributed by atoms with Gasteiger partial charge in [0.15, 0.2) is 11.5 Å². The molecule has 2 fully saturated rings. The van der Waals surface area contributed by atoms with E-state index >= 15 is 0 Å². The number of carbonyl (C=O) groups excluding carboxylic acids is 1. The highest BCUT2D eigenvalue weighted by Gasteiger charge is 2.56. The number of benzene rings is 3. The molecule has 3 aliphatic rings. The minimum atomic E-state index is -0.262. The fourth-order valence-corrected chi connectivity index (χ4v) is 7.48. The summed E-state index contributed by atoms with van der Waals surface area (Å²) < 4.78 is 6.19. The van der Waals surface area contributed by atoms with Gasteiger partial charge in [0.05, 0.1) is 5.56 Å². The molecule has 0 radical (unpaired) electrons. The van der Waals surface area contributed by atoms with Gasteiger partial charge < -0.3 is 20.1 Å². The predicted molar refractivity (Wildman–Crippen MR) is 147 cm³/mol. The average molecular weight is 511 g/mol. The van der Waals surface area contributed by atoms with Crippen LogP contribution in [0.3, 0.4) is 0 Å². The van der Waals surface area contributed by atoms with Crippen LogP contribution in [0.25, 0.3) is 12.2 Å². The maximum atomic E-state index is 13.1. The van der Waals surface area contributed by atoms with Gasteiger partial charge in [-0.2, -0.15) is 0 Å². The fraction of sp³-hybridized carbons (Fsp3) is 0.364. The number of rotatable bonds is 4. The summed E-state index contributed by atoms with van der Waals surface area (Å²) in [5.74, 6) is 1.49. The minimum absolute atomic E-state index is 0.00358. The number of hydrogen-bond donors (Lipinski definition) is 3. The lowest BCUT2D eigenvalue weighted by atomic mass is 9.55. The normalized spacial score (nSPS) is 27.9. The molecule has 5 unspecified atom stereocenters. The van der Waals surface area contributed by atoms with Gasteiger partial charge in [-0.1, -0.05) is 43.3 Å². The Morgan fingerprint density at radius 3 is 2.42 bits per heavy atom. The first-order chi connectivity index (χ1) is 18.3. The second-order valence-electron chi connectivity index (χ2n) is 11.5. The van der Waals surface area contributed by atoms with Crippen molar-refractivity contribution in [3.05, 3.63) is 88.5 Å². The van der Waals surface area contributed by atoms with Crippen LogP contribution in [0.15, 0.2) is 60.7 Å². The Morgan fingerprint density at radius 1 is 0.868 bits per heavy atom. The molecule has 3 aliphatic carbocycles. The number of phenolic OH excluding ortho intramolecular Hbond substituents is 3. The van der Waals surface area contributed by atoms with Gasteiger partial charge in [0, 0.05) is 5.41 Å². The topological polar surface area (TPSA) is 87.0 Å². The van der Waals surface area contributed by atoms with E-state index in [1.54, 1.807) is 18.2 Å². The molecule has 38 heavy (non-hydrogen) atoms. The summed E-state index contributed by atoms with van der Waals surface area (Å²) >= 11 is 0. The first-order valence-corrected chi connectivity index (χ1v) is 13.6. The lowest BCUT2D eigenvalue weighted by Gasteiger charge is -2.50. The maximum Gasteiger partial charge on any atom is 0.338 e. The van der Waals surface area contributed by atoms with Crippen LogP contribution in [0.2, 0.25) is 0 Å². The Bertz CT molecular complexity index is 1390. The second kappa shape index (κ2) is 9.54. The van der Waals surface area contributed by atoms with Crippen molar-refractivity contribution >= 4 is 18.1 Å². The lowest BCUT2D eigenvalue weighted by molar-refractivity contribution is -0.0427. The number of esters is 1. The van der Waals surface area contributed by atoms with Crippen molar-refractivity contribution < 1.29 is 24.9 Å². The van der Waals surface area contributed by atoms with Gasteiger partial charge in [-0.25, -0.2) is 4.79 Å². The summed E-state index contributed by atoms with van der Waals surface area (Å²) in [4.78, 5) is 13.1. The van der Waals surface area contributed by atoms with Crippen LogP contribution in [-0.2, 0) is 11.2 Å². The van der Waals surface area contributed by atoms with Crippen molar-refractivity contribution in [3.8, 4) is 17.2 Å². The van der Waals surface area contributed by atoms with Gasteiger partial charge in [0.2, 0.25) is 0 Å². The number of fused-ring (bicyclic) bond motifs is 5. The molecule has 6 rings (SSSR count). The molecule has 3 aromatic carbocycles. The van der Waals surface area contributed by atoms with E-state index in [0.717, 1.165) is 49.7 Å². The molecule has 0 heterocycles. The molecule has 2 saturated carbocycles. The monoisotopic (exact) mass is 510 g/mol. The molecule has 3 aromatic rings. The molecule has 196 valence electrons. The van der Waals surface area contributed by atoms with E-state index < -0.39 is 0 Å². The number of hydrogen-bond acceptors (Lipinski definition) is 5. The molecular formula is C33H34O5. The van der Waals surface area contributed by atoms with Gasteiger partial charge >= 0.3 is 5.97 Å². The largest absolute Gasteiger partial charge is 0.508 e. The van der Waals surface area contributed by atoms with E-state index in [1.807, 2.05) is 36.4 Å². The van der Waals surface area contributed by atoms with Crippen LogP contribution in [-0.4, -0.2) is 27.4 Å². The molecule has 5 atom stereocenters. The Labute approximate surface area is 223 Å². The standard InChI is InChI=1S/C33H34O5/c1-33-17-16-26-25-12-10-24(34)19-23(25)9-11-27(26)28(33)13-15-31(33)38-32(37)22-7-4-20(5-8-22)2-3-21-6-14-29(35)30(36)18-21/h2-8,10,12,14,18-19,26-28,31,34-36H,9,11,13,15-17H2,1H3. The van der Waals surface area contributed by atoms with E-state index in [9.17, 15) is 20.1 Å². The van der Waals surface area contributed by atoms with Crippen LogP contribution in [0.5, 0.6) is 17.2 Å². The Kier molecular flexibility index (Phi) is 6.17. The first-order valence-electron chi connectivity index (χ1n) is 13.6. The summed E-state index contributed by atoms with van der Waals surface area (Å²) in [5.41, 5.74) is 4.96. The van der Waals surface area contributed by atoms with Gasteiger partial charge in [-0.3, -0.25) is 0 Å². The Morgan fingerprint density at radius 2 is 1.63 bits per heavy atom. The third-order valence-electron chi connectivity index (χ3n) is 9.49. The SMILES string of the molecule is CC12CCC3c4ccc(O)cc4CCC3C1CCC2OC(=O)c1ccc(C=Cc2ccc(O)c(O)c2)cc1. The van der Waals surface area contributed by atoms with E-state index in [4.69, 9.17) is 4.74 Å². The highest BCUT2D eigenvalue weighted by Crippen LogP contribution is 2.61. The van der Waals surface area contributed by atoms with Gasteiger partial charge in [0.25, 0.3) is 0 Å². The highest BCUT2D eigenvalue weighted by atomic mass is 16.5. The number of carbonyl (C=O) groups is 1.